The smallest absolute Gasteiger partial charge is 0.322 e. The highest BCUT2D eigenvalue weighted by Crippen LogP contribution is 2.31. The SMILES string of the molecule is CNC(CCN1CCN(C)c2ccccc21)C(=O)OC. The van der Waals surface area contributed by atoms with Gasteiger partial charge in [-0.05, 0) is 25.6 Å². The first-order valence-electron chi connectivity index (χ1n) is 6.97. The highest BCUT2D eigenvalue weighted by molar-refractivity contribution is 5.76. The van der Waals surface area contributed by atoms with Gasteiger partial charge >= 0.3 is 5.97 Å². The standard InChI is InChI=1S/C15H23N3O2/c1-16-12(15(19)20-3)8-9-18-11-10-17(2)13-6-4-5-7-14(13)18/h4-7,12,16H,8-11H2,1-3H3. The van der Waals surface area contributed by atoms with Gasteiger partial charge in [-0.1, -0.05) is 12.1 Å². The lowest BCUT2D eigenvalue weighted by Crippen LogP contribution is -2.43. The highest BCUT2D eigenvalue weighted by Gasteiger charge is 2.22. The third-order valence-corrected chi connectivity index (χ3v) is 3.86. The van der Waals surface area contributed by atoms with E-state index in [1.807, 2.05) is 0 Å². The van der Waals surface area contributed by atoms with Gasteiger partial charge < -0.3 is 19.9 Å². The maximum atomic E-state index is 11.6. The molecule has 2 rings (SSSR count). The topological polar surface area (TPSA) is 44.8 Å². The first-order valence-corrected chi connectivity index (χ1v) is 6.97. The molecular formula is C15H23N3O2. The Balaban J connectivity index is 2.04. The van der Waals surface area contributed by atoms with Crippen LogP contribution in [0.3, 0.4) is 0 Å². The van der Waals surface area contributed by atoms with Crippen LogP contribution in [0.1, 0.15) is 6.42 Å². The molecule has 5 nitrogen and oxygen atoms in total. The van der Waals surface area contributed by atoms with Crippen molar-refractivity contribution in [1.29, 1.82) is 0 Å². The zero-order valence-corrected chi connectivity index (χ0v) is 12.4. The molecule has 1 N–H and O–H groups in total. The molecule has 1 aliphatic rings. The summed E-state index contributed by atoms with van der Waals surface area (Å²) in [5.41, 5.74) is 2.48. The van der Waals surface area contributed by atoms with E-state index in [1.165, 1.54) is 18.5 Å². The van der Waals surface area contributed by atoms with E-state index in [1.54, 1.807) is 7.05 Å². The Morgan fingerprint density at radius 2 is 2.05 bits per heavy atom. The third-order valence-electron chi connectivity index (χ3n) is 3.86. The number of nitrogens with one attached hydrogen (secondary N) is 1. The molecule has 1 aromatic carbocycles. The van der Waals surface area contributed by atoms with Crippen LogP contribution in [0.2, 0.25) is 0 Å². The Labute approximate surface area is 120 Å². The molecule has 1 atom stereocenters. The Hall–Kier alpha value is -1.75. The zero-order valence-electron chi connectivity index (χ0n) is 12.4. The number of likely N-dealkylation sites (N-methyl/N-ethyl adjacent to an activating group) is 2. The van der Waals surface area contributed by atoms with E-state index >= 15 is 0 Å². The van der Waals surface area contributed by atoms with Gasteiger partial charge in [0.2, 0.25) is 0 Å². The molecule has 1 heterocycles. The largest absolute Gasteiger partial charge is 0.468 e. The fraction of sp³-hybridized carbons (Fsp3) is 0.533. The van der Waals surface area contributed by atoms with Gasteiger partial charge in [0.05, 0.1) is 18.5 Å². The van der Waals surface area contributed by atoms with Crippen molar-refractivity contribution in [2.75, 3.05) is 50.6 Å². The van der Waals surface area contributed by atoms with E-state index < -0.39 is 0 Å². The van der Waals surface area contributed by atoms with Gasteiger partial charge in [0.1, 0.15) is 6.04 Å². The van der Waals surface area contributed by atoms with Gasteiger partial charge in [-0.15, -0.1) is 0 Å². The lowest BCUT2D eigenvalue weighted by atomic mass is 10.1. The quantitative estimate of drug-likeness (QED) is 0.816. The molecule has 0 spiro atoms. The predicted octanol–water partition coefficient (Wildman–Crippen LogP) is 1.09. The lowest BCUT2D eigenvalue weighted by molar-refractivity contribution is -0.143. The number of hydrogen-bond donors (Lipinski definition) is 1. The molecule has 20 heavy (non-hydrogen) atoms. The van der Waals surface area contributed by atoms with Gasteiger partial charge in [0, 0.05) is 26.7 Å². The van der Waals surface area contributed by atoms with Crippen molar-refractivity contribution in [2.24, 2.45) is 0 Å². The van der Waals surface area contributed by atoms with E-state index in [9.17, 15) is 4.79 Å². The molecule has 0 amide bonds. The van der Waals surface area contributed by atoms with Crippen molar-refractivity contribution in [1.82, 2.24) is 5.32 Å². The fourth-order valence-corrected chi connectivity index (χ4v) is 2.61. The minimum Gasteiger partial charge on any atom is -0.468 e. The van der Waals surface area contributed by atoms with Crippen LogP contribution in [-0.4, -0.2) is 52.9 Å². The van der Waals surface area contributed by atoms with Gasteiger partial charge in [-0.25, -0.2) is 0 Å². The number of methoxy groups -OCH3 is 1. The van der Waals surface area contributed by atoms with E-state index in [2.05, 4.69) is 46.4 Å². The van der Waals surface area contributed by atoms with E-state index in [0.29, 0.717) is 0 Å². The summed E-state index contributed by atoms with van der Waals surface area (Å²) < 4.78 is 4.80. The normalized spacial score (nSPS) is 15.8. The monoisotopic (exact) mass is 277 g/mol. The number of esters is 1. The number of hydrogen-bond acceptors (Lipinski definition) is 5. The van der Waals surface area contributed by atoms with E-state index in [-0.39, 0.29) is 12.0 Å². The van der Waals surface area contributed by atoms with E-state index in [0.717, 1.165) is 26.1 Å². The second kappa shape index (κ2) is 6.61. The first-order chi connectivity index (χ1) is 9.67. The van der Waals surface area contributed by atoms with Crippen LogP contribution < -0.4 is 15.1 Å². The minimum atomic E-state index is -0.244. The van der Waals surface area contributed by atoms with Gasteiger partial charge in [-0.2, -0.15) is 0 Å². The van der Waals surface area contributed by atoms with Crippen LogP contribution in [0.4, 0.5) is 11.4 Å². The molecule has 110 valence electrons. The molecule has 0 fully saturated rings. The molecule has 5 heteroatoms. The Morgan fingerprint density at radius 3 is 2.70 bits per heavy atom. The summed E-state index contributed by atoms with van der Waals surface area (Å²) in [5, 5.41) is 3.01. The molecule has 0 aromatic heterocycles. The molecule has 1 aromatic rings. The van der Waals surface area contributed by atoms with Crippen molar-refractivity contribution in [3.05, 3.63) is 24.3 Å². The van der Waals surface area contributed by atoms with Crippen molar-refractivity contribution in [3.63, 3.8) is 0 Å². The van der Waals surface area contributed by atoms with E-state index in [4.69, 9.17) is 4.74 Å². The molecule has 0 saturated carbocycles. The number of fused-ring (bicyclic) bond motifs is 1. The van der Waals surface area contributed by atoms with Crippen molar-refractivity contribution >= 4 is 17.3 Å². The summed E-state index contributed by atoms with van der Waals surface area (Å²) in [6.07, 6.45) is 0.737. The second-order valence-electron chi connectivity index (χ2n) is 5.05. The van der Waals surface area contributed by atoms with Crippen LogP contribution in [0, 0.1) is 0 Å². The average molecular weight is 277 g/mol. The van der Waals surface area contributed by atoms with Crippen LogP contribution in [0.15, 0.2) is 24.3 Å². The highest BCUT2D eigenvalue weighted by atomic mass is 16.5. The van der Waals surface area contributed by atoms with Crippen molar-refractivity contribution < 1.29 is 9.53 Å². The average Bonchev–Trinajstić information content (AvgIpc) is 2.49. The summed E-state index contributed by atoms with van der Waals surface area (Å²) in [6, 6.07) is 8.14. The van der Waals surface area contributed by atoms with Gasteiger partial charge in [-0.3, -0.25) is 4.79 Å². The minimum absolute atomic E-state index is 0.199. The Bertz CT molecular complexity index is 464. The van der Waals surface area contributed by atoms with Gasteiger partial charge in [0.15, 0.2) is 0 Å². The van der Waals surface area contributed by atoms with Crippen LogP contribution >= 0.6 is 0 Å². The maximum absolute atomic E-state index is 11.6. The summed E-state index contributed by atoms with van der Waals surface area (Å²) in [6.45, 7) is 2.82. The second-order valence-corrected chi connectivity index (χ2v) is 5.05. The first kappa shape index (κ1) is 14.7. The Kier molecular flexibility index (Phi) is 4.84. The molecular weight excluding hydrogens is 254 g/mol. The molecule has 0 radical (unpaired) electrons. The Morgan fingerprint density at radius 1 is 1.35 bits per heavy atom. The number of rotatable bonds is 5. The lowest BCUT2D eigenvalue weighted by Gasteiger charge is -2.37. The zero-order chi connectivity index (χ0) is 14.5. The van der Waals surface area contributed by atoms with Crippen LogP contribution in [-0.2, 0) is 9.53 Å². The van der Waals surface area contributed by atoms with Gasteiger partial charge in [0.25, 0.3) is 0 Å². The molecule has 0 saturated heterocycles. The summed E-state index contributed by atoms with van der Waals surface area (Å²) in [7, 11) is 5.33. The number of benzene rings is 1. The number of para-hydroxylation sites is 2. The van der Waals surface area contributed by atoms with Crippen molar-refractivity contribution in [2.45, 2.75) is 12.5 Å². The molecule has 1 aliphatic heterocycles. The van der Waals surface area contributed by atoms with Crippen LogP contribution in [0.25, 0.3) is 0 Å². The third kappa shape index (κ3) is 3.04. The predicted molar refractivity (Wildman–Crippen MR) is 81.4 cm³/mol. The maximum Gasteiger partial charge on any atom is 0.322 e. The fourth-order valence-electron chi connectivity index (χ4n) is 2.61. The summed E-state index contributed by atoms with van der Waals surface area (Å²) in [4.78, 5) is 16.2. The number of carbonyl (C=O) groups is 1. The molecule has 1 unspecified atom stereocenters. The molecule has 0 aliphatic carbocycles. The van der Waals surface area contributed by atoms with Crippen molar-refractivity contribution in [3.8, 4) is 0 Å². The summed E-state index contributed by atoms with van der Waals surface area (Å²) >= 11 is 0. The number of anilines is 2. The number of carbonyl (C=O) groups excluding carboxylic acids is 1. The number of ether oxygens (including phenoxy) is 1. The van der Waals surface area contributed by atoms with Crippen LogP contribution in [0.5, 0.6) is 0 Å². The summed E-state index contributed by atoms with van der Waals surface area (Å²) in [5.74, 6) is -0.199. The number of nitrogens with zero attached hydrogens (tertiary/aromatic N) is 2. The molecule has 0 bridgehead atoms.